The molecule has 0 heterocycles. The molecule has 0 fully saturated rings. The quantitative estimate of drug-likeness (QED) is 0.193. The van der Waals surface area contributed by atoms with Gasteiger partial charge in [-0.1, -0.05) is 36.4 Å². The van der Waals surface area contributed by atoms with Crippen LogP contribution in [0.1, 0.15) is 26.3 Å². The first-order valence-corrected chi connectivity index (χ1v) is 10.6. The molecule has 1 N–H and O–H groups in total. The van der Waals surface area contributed by atoms with Gasteiger partial charge >= 0.3 is 5.97 Å². The molecule has 0 aliphatic rings. The lowest BCUT2D eigenvalue weighted by molar-refractivity contribution is -0.384. The van der Waals surface area contributed by atoms with Crippen molar-refractivity contribution in [2.75, 3.05) is 5.32 Å². The maximum atomic E-state index is 12.5. The molecule has 0 aromatic heterocycles. The highest BCUT2D eigenvalue weighted by Crippen LogP contribution is 2.24. The second-order valence-electron chi connectivity index (χ2n) is 7.47. The molecule has 0 radical (unpaired) electrons. The van der Waals surface area contributed by atoms with Gasteiger partial charge in [0.1, 0.15) is 18.1 Å². The average Bonchev–Trinajstić information content (AvgIpc) is 2.89. The predicted molar refractivity (Wildman–Crippen MR) is 130 cm³/mol. The molecule has 0 spiro atoms. The number of amides is 1. The first kappa shape index (κ1) is 23.2. The van der Waals surface area contributed by atoms with E-state index in [0.29, 0.717) is 28.3 Å². The molecule has 0 saturated carbocycles. The summed E-state index contributed by atoms with van der Waals surface area (Å²) in [5.74, 6) is 0.212. The topological polar surface area (TPSA) is 108 Å². The minimum Gasteiger partial charge on any atom is -0.457 e. The Balaban J connectivity index is 1.31. The number of nitrogens with one attached hydrogen (secondary N) is 1. The molecule has 0 unspecified atom stereocenters. The van der Waals surface area contributed by atoms with Gasteiger partial charge in [0.2, 0.25) is 0 Å². The van der Waals surface area contributed by atoms with Gasteiger partial charge in [0, 0.05) is 23.4 Å². The van der Waals surface area contributed by atoms with Crippen LogP contribution in [0.2, 0.25) is 0 Å². The van der Waals surface area contributed by atoms with E-state index in [2.05, 4.69) is 5.32 Å². The molecule has 0 aliphatic carbocycles. The molecule has 0 bridgehead atoms. The van der Waals surface area contributed by atoms with Crippen molar-refractivity contribution >= 4 is 23.3 Å². The van der Waals surface area contributed by atoms with Gasteiger partial charge in [-0.3, -0.25) is 14.9 Å². The summed E-state index contributed by atoms with van der Waals surface area (Å²) >= 11 is 0. The molecule has 0 atom stereocenters. The summed E-state index contributed by atoms with van der Waals surface area (Å²) in [7, 11) is 0. The van der Waals surface area contributed by atoms with E-state index in [0.717, 1.165) is 5.56 Å². The van der Waals surface area contributed by atoms with Crippen LogP contribution in [0.4, 0.5) is 11.4 Å². The molecular weight excluding hydrogens is 448 g/mol. The van der Waals surface area contributed by atoms with E-state index in [1.807, 2.05) is 6.07 Å². The number of carbonyl (C=O) groups excluding carboxylic acids is 2. The number of hydrogen-bond donors (Lipinski definition) is 1. The van der Waals surface area contributed by atoms with Crippen molar-refractivity contribution in [2.45, 2.75) is 6.61 Å². The molecule has 35 heavy (non-hydrogen) atoms. The zero-order chi connectivity index (χ0) is 24.6. The van der Waals surface area contributed by atoms with Crippen molar-refractivity contribution in [1.82, 2.24) is 0 Å². The largest absolute Gasteiger partial charge is 0.457 e. The van der Waals surface area contributed by atoms with Crippen LogP contribution < -0.4 is 10.1 Å². The first-order valence-electron chi connectivity index (χ1n) is 10.6. The summed E-state index contributed by atoms with van der Waals surface area (Å²) in [6.45, 7) is 0.0528. The lowest BCUT2D eigenvalue weighted by atomic mass is 10.1. The van der Waals surface area contributed by atoms with Gasteiger partial charge in [-0.15, -0.1) is 0 Å². The molecule has 4 aromatic carbocycles. The number of nitro benzene ring substituents is 1. The second-order valence-corrected chi connectivity index (χ2v) is 7.47. The Hall–Kier alpha value is -4.98. The van der Waals surface area contributed by atoms with Crippen LogP contribution >= 0.6 is 0 Å². The van der Waals surface area contributed by atoms with Crippen molar-refractivity contribution in [3.8, 4) is 11.5 Å². The van der Waals surface area contributed by atoms with Gasteiger partial charge in [0.15, 0.2) is 0 Å². The minimum absolute atomic E-state index is 0.0152. The van der Waals surface area contributed by atoms with E-state index in [4.69, 9.17) is 9.47 Å². The van der Waals surface area contributed by atoms with Crippen molar-refractivity contribution in [1.29, 1.82) is 0 Å². The third-order valence-corrected chi connectivity index (χ3v) is 4.97. The van der Waals surface area contributed by atoms with Crippen molar-refractivity contribution in [3.05, 3.63) is 130 Å². The highest BCUT2D eigenvalue weighted by molar-refractivity contribution is 6.04. The van der Waals surface area contributed by atoms with Crippen LogP contribution in [0.5, 0.6) is 11.5 Å². The number of hydrogen-bond acceptors (Lipinski definition) is 6. The number of esters is 1. The number of carbonyl (C=O) groups is 2. The summed E-state index contributed by atoms with van der Waals surface area (Å²) in [6.07, 6.45) is 0. The molecule has 1 amide bonds. The van der Waals surface area contributed by atoms with Gasteiger partial charge in [-0.05, 0) is 60.2 Å². The maximum Gasteiger partial charge on any atom is 0.338 e. The lowest BCUT2D eigenvalue weighted by Crippen LogP contribution is -2.12. The van der Waals surface area contributed by atoms with Crippen molar-refractivity contribution < 1.29 is 24.0 Å². The molecule has 0 aliphatic heterocycles. The normalized spacial score (nSPS) is 10.3. The van der Waals surface area contributed by atoms with E-state index in [1.54, 1.807) is 72.8 Å². The number of anilines is 1. The minimum atomic E-state index is -0.521. The highest BCUT2D eigenvalue weighted by atomic mass is 16.6. The number of non-ortho nitro benzene ring substituents is 1. The molecule has 0 saturated heterocycles. The van der Waals surface area contributed by atoms with Gasteiger partial charge in [-0.2, -0.15) is 0 Å². The molecule has 8 nitrogen and oxygen atoms in total. The monoisotopic (exact) mass is 468 g/mol. The fraction of sp³-hybridized carbons (Fsp3) is 0.0370. The van der Waals surface area contributed by atoms with Crippen LogP contribution in [0, 0.1) is 10.1 Å². The van der Waals surface area contributed by atoms with Crippen LogP contribution in [0.25, 0.3) is 0 Å². The predicted octanol–water partition coefficient (Wildman–Crippen LogP) is 6.00. The second kappa shape index (κ2) is 10.8. The standard InChI is InChI=1S/C27H20N2O6/c30-26(20-5-2-1-3-6-20)28-22-8-4-7-21(17-22)27(31)34-18-19-9-13-24(14-10-19)35-25-15-11-23(12-16-25)29(32)33/h1-17H,18H2,(H,28,30). The molecule has 4 rings (SSSR count). The Labute approximate surface area is 200 Å². The van der Waals surface area contributed by atoms with E-state index >= 15 is 0 Å². The summed E-state index contributed by atoms with van der Waals surface area (Å²) < 4.78 is 11.1. The van der Waals surface area contributed by atoms with Gasteiger partial charge < -0.3 is 14.8 Å². The van der Waals surface area contributed by atoms with Gasteiger partial charge in [0.05, 0.1) is 10.5 Å². The smallest absolute Gasteiger partial charge is 0.338 e. The summed E-state index contributed by atoms with van der Waals surface area (Å²) in [6, 6.07) is 28.0. The number of ether oxygens (including phenoxy) is 2. The first-order chi connectivity index (χ1) is 17.0. The van der Waals surface area contributed by atoms with Crippen LogP contribution in [-0.2, 0) is 11.3 Å². The summed E-state index contributed by atoms with van der Waals surface area (Å²) in [5.41, 5.74) is 2.05. The zero-order valence-corrected chi connectivity index (χ0v) is 18.4. The average molecular weight is 468 g/mol. The summed E-state index contributed by atoms with van der Waals surface area (Å²) in [4.78, 5) is 35.1. The molecule has 4 aromatic rings. The van der Waals surface area contributed by atoms with E-state index in [1.165, 1.54) is 24.3 Å². The fourth-order valence-corrected chi connectivity index (χ4v) is 3.17. The number of rotatable bonds is 8. The molecular formula is C27H20N2O6. The Morgan fingerprint density at radius 3 is 2.06 bits per heavy atom. The van der Waals surface area contributed by atoms with Gasteiger partial charge in [0.25, 0.3) is 11.6 Å². The SMILES string of the molecule is O=C(Nc1cccc(C(=O)OCc2ccc(Oc3ccc([N+](=O)[O-])cc3)cc2)c1)c1ccccc1. The molecule has 8 heteroatoms. The van der Waals surface area contributed by atoms with Crippen LogP contribution in [0.3, 0.4) is 0 Å². The Kier molecular flexibility index (Phi) is 7.13. The van der Waals surface area contributed by atoms with Crippen LogP contribution in [0.15, 0.2) is 103 Å². The Bertz CT molecular complexity index is 1340. The summed E-state index contributed by atoms with van der Waals surface area (Å²) in [5, 5.41) is 13.5. The molecule has 174 valence electrons. The zero-order valence-electron chi connectivity index (χ0n) is 18.4. The third kappa shape index (κ3) is 6.29. The van der Waals surface area contributed by atoms with E-state index in [9.17, 15) is 19.7 Å². The third-order valence-electron chi connectivity index (χ3n) is 4.97. The van der Waals surface area contributed by atoms with E-state index in [-0.39, 0.29) is 18.2 Å². The Morgan fingerprint density at radius 1 is 0.771 bits per heavy atom. The van der Waals surface area contributed by atoms with Crippen molar-refractivity contribution in [2.24, 2.45) is 0 Å². The maximum absolute atomic E-state index is 12.5. The van der Waals surface area contributed by atoms with Crippen molar-refractivity contribution in [3.63, 3.8) is 0 Å². The number of nitro groups is 1. The lowest BCUT2D eigenvalue weighted by Gasteiger charge is -2.09. The fourth-order valence-electron chi connectivity index (χ4n) is 3.17. The number of nitrogens with zero attached hydrogens (tertiary/aromatic N) is 1. The number of benzene rings is 4. The highest BCUT2D eigenvalue weighted by Gasteiger charge is 2.11. The van der Waals surface area contributed by atoms with Crippen LogP contribution in [-0.4, -0.2) is 16.8 Å². The van der Waals surface area contributed by atoms with Gasteiger partial charge in [-0.25, -0.2) is 4.79 Å². The Morgan fingerprint density at radius 2 is 1.40 bits per heavy atom. The van der Waals surface area contributed by atoms with E-state index < -0.39 is 10.9 Å².